The number of phenols is 1. The third-order valence-electron chi connectivity index (χ3n) is 2.66. The molecule has 0 saturated carbocycles. The van der Waals surface area contributed by atoms with E-state index < -0.39 is 9.84 Å². The molecule has 106 valence electrons. The summed E-state index contributed by atoms with van der Waals surface area (Å²) in [6.07, 6.45) is 1.26. The lowest BCUT2D eigenvalue weighted by Crippen LogP contribution is -2.10. The average Bonchev–Trinajstić information content (AvgIpc) is 2.68. The summed E-state index contributed by atoms with van der Waals surface area (Å²) in [6, 6.07) is 5.26. The van der Waals surface area contributed by atoms with Crippen LogP contribution < -0.4 is 0 Å². The third kappa shape index (κ3) is 2.53. The van der Waals surface area contributed by atoms with E-state index in [4.69, 9.17) is 0 Å². The highest BCUT2D eigenvalue weighted by molar-refractivity contribution is 7.91. The number of nitrogens with zero attached hydrogens (tertiary/aromatic N) is 2. The zero-order chi connectivity index (χ0) is 14.9. The zero-order valence-corrected chi connectivity index (χ0v) is 11.6. The summed E-state index contributed by atoms with van der Waals surface area (Å²) in [5, 5.41) is 23.3. The number of phenolic OH excluding ortho intramolecular Hbond substituents is 1. The number of hydrogen-bond donors (Lipinski definition) is 2. The predicted octanol–water partition coefficient (Wildman–Crippen LogP) is 1.55. The molecule has 6 nitrogen and oxygen atoms in total. The van der Waals surface area contributed by atoms with E-state index in [1.165, 1.54) is 24.3 Å². The largest absolute Gasteiger partial charge is 0.508 e. The molecule has 20 heavy (non-hydrogen) atoms. The van der Waals surface area contributed by atoms with Gasteiger partial charge in [-0.3, -0.25) is 0 Å². The molecule has 0 atom stereocenters. The molecular weight excluding hydrogens is 280 g/mol. The first-order valence-corrected chi connectivity index (χ1v) is 7.43. The Morgan fingerprint density at radius 2 is 2.05 bits per heavy atom. The van der Waals surface area contributed by atoms with Gasteiger partial charge in [-0.25, -0.2) is 8.42 Å². The summed E-state index contributed by atoms with van der Waals surface area (Å²) in [5.41, 5.74) is 0.720. The van der Waals surface area contributed by atoms with Gasteiger partial charge in [0.1, 0.15) is 5.75 Å². The van der Waals surface area contributed by atoms with E-state index in [9.17, 15) is 18.6 Å². The van der Waals surface area contributed by atoms with Crippen molar-refractivity contribution in [2.75, 3.05) is 5.75 Å². The molecule has 0 saturated heterocycles. The smallest absolute Gasteiger partial charge is 0.214 e. The van der Waals surface area contributed by atoms with Crippen molar-refractivity contribution in [1.29, 1.82) is 0 Å². The van der Waals surface area contributed by atoms with Gasteiger partial charge >= 0.3 is 0 Å². The average molecular weight is 294 g/mol. The van der Waals surface area contributed by atoms with E-state index in [0.717, 1.165) is 10.7 Å². The maximum atomic E-state index is 12.2. The van der Waals surface area contributed by atoms with Gasteiger partial charge in [0.05, 0.1) is 22.0 Å². The quantitative estimate of drug-likeness (QED) is 0.835. The van der Waals surface area contributed by atoms with Crippen LogP contribution in [0.2, 0.25) is 0 Å². The van der Waals surface area contributed by atoms with Crippen LogP contribution in [0.4, 0.5) is 0 Å². The number of sulfone groups is 1. The van der Waals surface area contributed by atoms with Crippen LogP contribution in [0, 0.1) is 6.92 Å². The Hall–Kier alpha value is -2.28. The van der Waals surface area contributed by atoms with Crippen molar-refractivity contribution in [3.05, 3.63) is 42.6 Å². The highest BCUT2D eigenvalue weighted by Crippen LogP contribution is 2.28. The molecule has 2 rings (SSSR count). The molecule has 0 amide bonds. The van der Waals surface area contributed by atoms with Crippen LogP contribution in [0.3, 0.4) is 0 Å². The molecule has 0 aliphatic rings. The third-order valence-corrected chi connectivity index (χ3v) is 4.33. The molecule has 1 aromatic carbocycles. The van der Waals surface area contributed by atoms with Crippen molar-refractivity contribution >= 4 is 9.84 Å². The number of aromatic hydroxyl groups is 2. The minimum atomic E-state index is -3.67. The summed E-state index contributed by atoms with van der Waals surface area (Å²) in [7, 11) is -3.67. The monoisotopic (exact) mass is 294 g/mol. The van der Waals surface area contributed by atoms with Gasteiger partial charge in [0, 0.05) is 12.1 Å². The molecule has 0 unspecified atom stereocenters. The Morgan fingerprint density at radius 1 is 1.35 bits per heavy atom. The lowest BCUT2D eigenvalue weighted by molar-refractivity contribution is 0.431. The number of benzene rings is 1. The van der Waals surface area contributed by atoms with Crippen LogP contribution in [-0.4, -0.2) is 34.2 Å². The van der Waals surface area contributed by atoms with Gasteiger partial charge in [-0.1, -0.05) is 6.08 Å². The van der Waals surface area contributed by atoms with Crippen LogP contribution in [0.15, 0.2) is 41.8 Å². The van der Waals surface area contributed by atoms with E-state index in [0.29, 0.717) is 5.69 Å². The standard InChI is InChI=1S/C13H14N2O4S/c1-3-6-20(18,19)12-8-10(16)4-5-11(12)15-13(17)7-9(2)14-15/h3-5,7-8,16-17H,1,6H2,2H3. The van der Waals surface area contributed by atoms with Crippen LogP contribution in [0.5, 0.6) is 11.6 Å². The topological polar surface area (TPSA) is 92.4 Å². The predicted molar refractivity (Wildman–Crippen MR) is 73.9 cm³/mol. The zero-order valence-electron chi connectivity index (χ0n) is 10.8. The van der Waals surface area contributed by atoms with Crippen LogP contribution in [0.1, 0.15) is 5.69 Å². The second kappa shape index (κ2) is 5.01. The SMILES string of the molecule is C=CCS(=O)(=O)c1cc(O)ccc1-n1nc(C)cc1O. The lowest BCUT2D eigenvalue weighted by Gasteiger charge is -2.10. The Balaban J connectivity index is 2.72. The second-order valence-corrected chi connectivity index (χ2v) is 6.28. The fourth-order valence-electron chi connectivity index (χ4n) is 1.83. The van der Waals surface area contributed by atoms with Crippen molar-refractivity contribution in [2.24, 2.45) is 0 Å². The van der Waals surface area contributed by atoms with Crippen molar-refractivity contribution in [3.63, 3.8) is 0 Å². The Labute approximate surface area is 116 Å². The summed E-state index contributed by atoms with van der Waals surface area (Å²) >= 11 is 0. The molecular formula is C13H14N2O4S. The Morgan fingerprint density at radius 3 is 2.60 bits per heavy atom. The van der Waals surface area contributed by atoms with Crippen molar-refractivity contribution in [3.8, 4) is 17.3 Å². The molecule has 2 N–H and O–H groups in total. The minimum Gasteiger partial charge on any atom is -0.508 e. The molecule has 1 aromatic heterocycles. The molecule has 0 bridgehead atoms. The number of hydrogen-bond acceptors (Lipinski definition) is 5. The second-order valence-electron chi connectivity index (χ2n) is 4.28. The number of aromatic nitrogens is 2. The summed E-state index contributed by atoms with van der Waals surface area (Å²) in [6.45, 7) is 5.08. The maximum Gasteiger partial charge on any atom is 0.214 e. The first kappa shape index (κ1) is 14.1. The van der Waals surface area contributed by atoms with Crippen molar-refractivity contribution in [2.45, 2.75) is 11.8 Å². The number of aryl methyl sites for hydroxylation is 1. The molecule has 0 aliphatic carbocycles. The number of rotatable bonds is 4. The van der Waals surface area contributed by atoms with Gasteiger partial charge in [0.25, 0.3) is 0 Å². The first-order valence-electron chi connectivity index (χ1n) is 5.78. The lowest BCUT2D eigenvalue weighted by atomic mass is 10.3. The van der Waals surface area contributed by atoms with Gasteiger partial charge in [0.15, 0.2) is 9.84 Å². The van der Waals surface area contributed by atoms with Gasteiger partial charge < -0.3 is 10.2 Å². The summed E-state index contributed by atoms with van der Waals surface area (Å²) in [4.78, 5) is -0.115. The van der Waals surface area contributed by atoms with E-state index in [-0.39, 0.29) is 28.0 Å². The maximum absolute atomic E-state index is 12.2. The van der Waals surface area contributed by atoms with Crippen LogP contribution in [-0.2, 0) is 9.84 Å². The highest BCUT2D eigenvalue weighted by atomic mass is 32.2. The van der Waals surface area contributed by atoms with E-state index in [1.807, 2.05) is 0 Å². The van der Waals surface area contributed by atoms with E-state index in [1.54, 1.807) is 6.92 Å². The normalized spacial score (nSPS) is 11.4. The van der Waals surface area contributed by atoms with Gasteiger partial charge in [-0.2, -0.15) is 9.78 Å². The molecule has 7 heteroatoms. The molecule has 0 fully saturated rings. The van der Waals surface area contributed by atoms with Crippen LogP contribution >= 0.6 is 0 Å². The Bertz CT molecular complexity index is 763. The van der Waals surface area contributed by atoms with Crippen LogP contribution in [0.25, 0.3) is 5.69 Å². The molecule has 0 spiro atoms. The van der Waals surface area contributed by atoms with Crippen molar-refractivity contribution < 1.29 is 18.6 Å². The molecule has 1 heterocycles. The minimum absolute atomic E-state index is 0.115. The van der Waals surface area contributed by atoms with E-state index >= 15 is 0 Å². The molecule has 0 radical (unpaired) electrons. The van der Waals surface area contributed by atoms with Gasteiger partial charge in [0.2, 0.25) is 5.88 Å². The van der Waals surface area contributed by atoms with Gasteiger partial charge in [-0.15, -0.1) is 6.58 Å². The van der Waals surface area contributed by atoms with Crippen molar-refractivity contribution in [1.82, 2.24) is 9.78 Å². The molecule has 0 aliphatic heterocycles. The first-order chi connectivity index (χ1) is 9.35. The molecule has 2 aromatic rings. The van der Waals surface area contributed by atoms with E-state index in [2.05, 4.69) is 11.7 Å². The Kier molecular flexibility index (Phi) is 3.54. The summed E-state index contributed by atoms with van der Waals surface area (Å²) in [5.74, 6) is -0.632. The highest BCUT2D eigenvalue weighted by Gasteiger charge is 2.21. The van der Waals surface area contributed by atoms with Gasteiger partial charge in [-0.05, 0) is 19.1 Å². The summed E-state index contributed by atoms with van der Waals surface area (Å²) < 4.78 is 25.5. The fourth-order valence-corrected chi connectivity index (χ4v) is 3.10. The fraction of sp³-hybridized carbons (Fsp3) is 0.154.